The van der Waals surface area contributed by atoms with Crippen LogP contribution < -0.4 is 11.3 Å². The van der Waals surface area contributed by atoms with Crippen LogP contribution in [0.25, 0.3) is 0 Å². The minimum Gasteiger partial charge on any atom is -0.271 e. The van der Waals surface area contributed by atoms with Crippen LogP contribution in [0.4, 0.5) is 8.78 Å². The van der Waals surface area contributed by atoms with Gasteiger partial charge in [-0.1, -0.05) is 6.07 Å². The van der Waals surface area contributed by atoms with E-state index in [0.717, 1.165) is 15.4 Å². The number of thiophene rings is 1. The first-order chi connectivity index (χ1) is 8.61. The third-order valence-corrected chi connectivity index (χ3v) is 4.57. The number of hydrogen-bond acceptors (Lipinski definition) is 3. The molecule has 2 rings (SSSR count). The van der Waals surface area contributed by atoms with Crippen LogP contribution >= 0.6 is 27.3 Å². The molecule has 18 heavy (non-hydrogen) atoms. The van der Waals surface area contributed by atoms with Crippen LogP contribution in [0.1, 0.15) is 16.5 Å². The maximum absolute atomic E-state index is 13.1. The van der Waals surface area contributed by atoms with Crippen molar-refractivity contribution < 1.29 is 8.78 Å². The monoisotopic (exact) mass is 332 g/mol. The van der Waals surface area contributed by atoms with E-state index in [2.05, 4.69) is 21.4 Å². The second-order valence-electron chi connectivity index (χ2n) is 3.80. The average molecular weight is 333 g/mol. The number of rotatable bonds is 4. The van der Waals surface area contributed by atoms with Gasteiger partial charge in [0.2, 0.25) is 0 Å². The summed E-state index contributed by atoms with van der Waals surface area (Å²) >= 11 is 4.98. The van der Waals surface area contributed by atoms with Crippen molar-refractivity contribution in [2.24, 2.45) is 5.84 Å². The van der Waals surface area contributed by atoms with Gasteiger partial charge in [0.1, 0.15) is 0 Å². The lowest BCUT2D eigenvalue weighted by Gasteiger charge is -2.15. The van der Waals surface area contributed by atoms with Crippen molar-refractivity contribution >= 4 is 27.3 Å². The smallest absolute Gasteiger partial charge is 0.159 e. The van der Waals surface area contributed by atoms with Crippen molar-refractivity contribution in [2.75, 3.05) is 0 Å². The van der Waals surface area contributed by atoms with Gasteiger partial charge >= 0.3 is 0 Å². The minimum atomic E-state index is -0.840. The highest BCUT2D eigenvalue weighted by Gasteiger charge is 2.16. The highest BCUT2D eigenvalue weighted by atomic mass is 79.9. The highest BCUT2D eigenvalue weighted by Crippen LogP contribution is 2.30. The molecule has 2 aromatic rings. The zero-order chi connectivity index (χ0) is 13.1. The fourth-order valence-electron chi connectivity index (χ4n) is 1.68. The van der Waals surface area contributed by atoms with Gasteiger partial charge in [-0.15, -0.1) is 11.3 Å². The van der Waals surface area contributed by atoms with E-state index in [1.807, 2.05) is 11.4 Å². The Kier molecular flexibility index (Phi) is 4.45. The fraction of sp³-hybridized carbons (Fsp3) is 0.167. The summed E-state index contributed by atoms with van der Waals surface area (Å²) < 4.78 is 26.9. The lowest BCUT2D eigenvalue weighted by Crippen LogP contribution is -2.29. The van der Waals surface area contributed by atoms with Gasteiger partial charge in [-0.3, -0.25) is 11.3 Å². The topological polar surface area (TPSA) is 38.0 Å². The SMILES string of the molecule is NNC(Cc1ccc(F)c(F)c1)c1sccc1Br. The van der Waals surface area contributed by atoms with Crippen LogP contribution in [0.3, 0.4) is 0 Å². The molecule has 0 fully saturated rings. The molecule has 0 aliphatic carbocycles. The Morgan fingerprint density at radius 2 is 2.06 bits per heavy atom. The first kappa shape index (κ1) is 13.6. The van der Waals surface area contributed by atoms with Crippen LogP contribution in [0, 0.1) is 11.6 Å². The number of benzene rings is 1. The summed E-state index contributed by atoms with van der Waals surface area (Å²) in [7, 11) is 0. The predicted molar refractivity (Wildman–Crippen MR) is 72.1 cm³/mol. The Bertz CT molecular complexity index is 545. The van der Waals surface area contributed by atoms with Crippen LogP contribution in [-0.4, -0.2) is 0 Å². The average Bonchev–Trinajstić information content (AvgIpc) is 2.77. The van der Waals surface area contributed by atoms with Gasteiger partial charge in [0, 0.05) is 9.35 Å². The van der Waals surface area contributed by atoms with Gasteiger partial charge in [-0.2, -0.15) is 0 Å². The standard InChI is InChI=1S/C12H11BrF2N2S/c13-8-3-4-18-12(8)11(17-16)6-7-1-2-9(14)10(15)5-7/h1-5,11,17H,6,16H2. The van der Waals surface area contributed by atoms with E-state index in [4.69, 9.17) is 5.84 Å². The molecule has 0 saturated heterocycles. The Hall–Kier alpha value is -0.820. The maximum Gasteiger partial charge on any atom is 0.159 e. The predicted octanol–water partition coefficient (Wildman–Crippen LogP) is 3.54. The minimum absolute atomic E-state index is 0.135. The van der Waals surface area contributed by atoms with Crippen LogP contribution in [0.15, 0.2) is 34.1 Å². The summed E-state index contributed by atoms with van der Waals surface area (Å²) in [4.78, 5) is 1.03. The fourth-order valence-corrected chi connectivity index (χ4v) is 3.39. The van der Waals surface area contributed by atoms with Crippen molar-refractivity contribution in [2.45, 2.75) is 12.5 Å². The van der Waals surface area contributed by atoms with Gasteiger partial charge in [0.05, 0.1) is 6.04 Å². The van der Waals surface area contributed by atoms with E-state index < -0.39 is 11.6 Å². The zero-order valence-electron chi connectivity index (χ0n) is 9.29. The van der Waals surface area contributed by atoms with Gasteiger partial charge in [-0.05, 0) is 51.5 Å². The normalized spacial score (nSPS) is 12.7. The largest absolute Gasteiger partial charge is 0.271 e. The Morgan fingerprint density at radius 1 is 1.28 bits per heavy atom. The molecular weight excluding hydrogens is 322 g/mol. The lowest BCUT2D eigenvalue weighted by molar-refractivity contribution is 0.503. The van der Waals surface area contributed by atoms with E-state index in [1.165, 1.54) is 6.07 Å². The molecule has 0 aliphatic heterocycles. The molecule has 0 saturated carbocycles. The summed E-state index contributed by atoms with van der Waals surface area (Å²) in [6.45, 7) is 0. The molecular formula is C12H11BrF2N2S. The third kappa shape index (κ3) is 2.95. The van der Waals surface area contributed by atoms with E-state index in [9.17, 15) is 8.78 Å². The second-order valence-corrected chi connectivity index (χ2v) is 5.61. The van der Waals surface area contributed by atoms with Crippen molar-refractivity contribution in [1.82, 2.24) is 5.43 Å². The van der Waals surface area contributed by atoms with E-state index in [0.29, 0.717) is 12.0 Å². The Morgan fingerprint density at radius 3 is 2.61 bits per heavy atom. The quantitative estimate of drug-likeness (QED) is 0.663. The van der Waals surface area contributed by atoms with E-state index in [-0.39, 0.29) is 6.04 Å². The van der Waals surface area contributed by atoms with Gasteiger partial charge in [-0.25, -0.2) is 8.78 Å². The third-order valence-electron chi connectivity index (χ3n) is 2.59. The molecule has 6 heteroatoms. The molecule has 0 bridgehead atoms. The molecule has 1 aromatic carbocycles. The molecule has 96 valence electrons. The van der Waals surface area contributed by atoms with Crippen molar-refractivity contribution in [3.8, 4) is 0 Å². The highest BCUT2D eigenvalue weighted by molar-refractivity contribution is 9.10. The molecule has 0 amide bonds. The molecule has 0 spiro atoms. The van der Waals surface area contributed by atoms with Crippen molar-refractivity contribution in [1.29, 1.82) is 0 Å². The maximum atomic E-state index is 13.1. The zero-order valence-corrected chi connectivity index (χ0v) is 11.7. The molecule has 0 aliphatic rings. The number of nitrogens with two attached hydrogens (primary N) is 1. The molecule has 1 aromatic heterocycles. The molecule has 3 N–H and O–H groups in total. The number of halogens is 3. The van der Waals surface area contributed by atoms with Gasteiger partial charge < -0.3 is 0 Å². The number of nitrogens with one attached hydrogen (secondary N) is 1. The van der Waals surface area contributed by atoms with Crippen LogP contribution in [0.2, 0.25) is 0 Å². The van der Waals surface area contributed by atoms with E-state index in [1.54, 1.807) is 17.4 Å². The Balaban J connectivity index is 2.20. The summed E-state index contributed by atoms with van der Waals surface area (Å²) in [5, 5.41) is 1.94. The summed E-state index contributed by atoms with van der Waals surface area (Å²) in [6, 6.07) is 5.67. The molecule has 1 unspecified atom stereocenters. The number of hydrogen-bond donors (Lipinski definition) is 2. The first-order valence-electron chi connectivity index (χ1n) is 5.24. The summed E-state index contributed by atoms with van der Waals surface area (Å²) in [5.74, 6) is 3.84. The van der Waals surface area contributed by atoms with Crippen molar-refractivity contribution in [3.05, 3.63) is 56.2 Å². The molecule has 2 nitrogen and oxygen atoms in total. The summed E-state index contributed by atoms with van der Waals surface area (Å²) in [5.41, 5.74) is 3.38. The van der Waals surface area contributed by atoms with Crippen LogP contribution in [0.5, 0.6) is 0 Å². The lowest BCUT2D eigenvalue weighted by atomic mass is 10.0. The second kappa shape index (κ2) is 5.88. The van der Waals surface area contributed by atoms with Gasteiger partial charge in [0.25, 0.3) is 0 Å². The molecule has 1 atom stereocenters. The number of hydrazine groups is 1. The van der Waals surface area contributed by atoms with Gasteiger partial charge in [0.15, 0.2) is 11.6 Å². The first-order valence-corrected chi connectivity index (χ1v) is 6.92. The van der Waals surface area contributed by atoms with E-state index >= 15 is 0 Å². The van der Waals surface area contributed by atoms with Crippen molar-refractivity contribution in [3.63, 3.8) is 0 Å². The molecule has 0 radical (unpaired) electrons. The molecule has 1 heterocycles. The Labute approximate surface area is 116 Å². The van der Waals surface area contributed by atoms with Crippen LogP contribution in [-0.2, 0) is 6.42 Å². The summed E-state index contributed by atoms with van der Waals surface area (Å²) in [6.07, 6.45) is 0.493.